The van der Waals surface area contributed by atoms with Crippen LogP contribution in [0.1, 0.15) is 39.2 Å². The van der Waals surface area contributed by atoms with E-state index in [1.54, 1.807) is 6.20 Å². The second-order valence-electron chi connectivity index (χ2n) is 5.90. The molecule has 2 heterocycles. The maximum atomic E-state index is 5.45. The fourth-order valence-corrected chi connectivity index (χ4v) is 3.59. The molecule has 0 aliphatic heterocycles. The molecule has 0 spiro atoms. The zero-order valence-corrected chi connectivity index (χ0v) is 12.7. The van der Waals surface area contributed by atoms with Gasteiger partial charge in [-0.05, 0) is 55.4 Å². The fraction of sp³-hybridized carbons (Fsp3) is 0.533. The van der Waals surface area contributed by atoms with Crippen LogP contribution in [-0.4, -0.2) is 19.7 Å². The Balaban J connectivity index is 2.02. The van der Waals surface area contributed by atoms with Crippen molar-refractivity contribution in [3.8, 4) is 11.5 Å². The van der Waals surface area contributed by atoms with Crippen LogP contribution in [0.4, 0.5) is 0 Å². The molecule has 2 aromatic rings. The van der Waals surface area contributed by atoms with E-state index in [4.69, 9.17) is 12.2 Å². The Morgan fingerprint density at radius 1 is 1.30 bits per heavy atom. The zero-order chi connectivity index (χ0) is 14.1. The lowest BCUT2D eigenvalue weighted by Crippen LogP contribution is -2.25. The predicted octanol–water partition coefficient (Wildman–Crippen LogP) is 4.00. The molecule has 106 valence electrons. The number of aromatic nitrogens is 4. The first kappa shape index (κ1) is 13.5. The highest BCUT2D eigenvalue weighted by Gasteiger charge is 2.29. The minimum absolute atomic E-state index is 0.425. The van der Waals surface area contributed by atoms with Gasteiger partial charge >= 0.3 is 0 Å². The van der Waals surface area contributed by atoms with Crippen LogP contribution in [0.2, 0.25) is 0 Å². The molecule has 0 saturated heterocycles. The third-order valence-corrected chi connectivity index (χ3v) is 4.60. The van der Waals surface area contributed by atoms with Crippen LogP contribution >= 0.6 is 12.2 Å². The van der Waals surface area contributed by atoms with Crippen molar-refractivity contribution in [2.24, 2.45) is 11.8 Å². The summed E-state index contributed by atoms with van der Waals surface area (Å²) < 4.78 is 2.88. The normalized spacial score (nSPS) is 26.6. The lowest BCUT2D eigenvalue weighted by molar-refractivity contribution is 0.207. The SMILES string of the molecule is CC1CCC(n2c(-c3ccccn3)n[nH]c2=S)C(C)C1. The number of hydrogen-bond acceptors (Lipinski definition) is 3. The van der Waals surface area contributed by atoms with Crippen molar-refractivity contribution in [2.45, 2.75) is 39.2 Å². The Kier molecular flexibility index (Phi) is 3.70. The van der Waals surface area contributed by atoms with E-state index in [1.165, 1.54) is 12.8 Å². The van der Waals surface area contributed by atoms with Crippen molar-refractivity contribution in [1.82, 2.24) is 19.7 Å². The van der Waals surface area contributed by atoms with E-state index in [-0.39, 0.29) is 0 Å². The molecule has 4 nitrogen and oxygen atoms in total. The summed E-state index contributed by atoms with van der Waals surface area (Å²) in [6.45, 7) is 4.65. The van der Waals surface area contributed by atoms with Gasteiger partial charge in [-0.3, -0.25) is 14.6 Å². The maximum absolute atomic E-state index is 5.45. The minimum atomic E-state index is 0.425. The monoisotopic (exact) mass is 288 g/mol. The molecule has 3 unspecified atom stereocenters. The Labute approximate surface area is 124 Å². The predicted molar refractivity (Wildman–Crippen MR) is 81.9 cm³/mol. The summed E-state index contributed by atoms with van der Waals surface area (Å²) in [6, 6.07) is 6.31. The molecule has 1 N–H and O–H groups in total. The number of aromatic amines is 1. The molecule has 1 aliphatic rings. The highest BCUT2D eigenvalue weighted by Crippen LogP contribution is 2.38. The molecule has 1 aliphatic carbocycles. The lowest BCUT2D eigenvalue weighted by Gasteiger charge is -2.33. The number of pyridine rings is 1. The van der Waals surface area contributed by atoms with Crippen molar-refractivity contribution < 1.29 is 0 Å². The molecule has 0 radical (unpaired) electrons. The van der Waals surface area contributed by atoms with E-state index in [0.717, 1.165) is 23.9 Å². The van der Waals surface area contributed by atoms with Crippen LogP contribution in [0.15, 0.2) is 24.4 Å². The van der Waals surface area contributed by atoms with Gasteiger partial charge in [0.1, 0.15) is 5.69 Å². The molecule has 0 amide bonds. The molecule has 0 aromatic carbocycles. The average molecular weight is 288 g/mol. The van der Waals surface area contributed by atoms with Crippen molar-refractivity contribution in [3.05, 3.63) is 29.2 Å². The largest absolute Gasteiger partial charge is 0.295 e. The summed E-state index contributed by atoms with van der Waals surface area (Å²) in [5, 5.41) is 7.34. The smallest absolute Gasteiger partial charge is 0.195 e. The van der Waals surface area contributed by atoms with E-state index in [1.807, 2.05) is 18.2 Å². The van der Waals surface area contributed by atoms with Crippen molar-refractivity contribution in [2.75, 3.05) is 0 Å². The number of rotatable bonds is 2. The average Bonchev–Trinajstić information content (AvgIpc) is 2.82. The highest BCUT2D eigenvalue weighted by atomic mass is 32.1. The third kappa shape index (κ3) is 2.42. The standard InChI is InChI=1S/C15H20N4S/c1-10-6-7-13(11(2)9-10)19-14(17-18-15(19)20)12-5-3-4-8-16-12/h3-5,8,10-11,13H,6-7,9H2,1-2H3,(H,18,20). The first-order valence-corrected chi connectivity index (χ1v) is 7.66. The van der Waals surface area contributed by atoms with Crippen molar-refractivity contribution >= 4 is 12.2 Å². The van der Waals surface area contributed by atoms with Gasteiger partial charge in [0.25, 0.3) is 0 Å². The molecule has 3 atom stereocenters. The molecule has 1 saturated carbocycles. The van der Waals surface area contributed by atoms with Gasteiger partial charge in [0, 0.05) is 12.2 Å². The minimum Gasteiger partial charge on any atom is -0.295 e. The lowest BCUT2D eigenvalue weighted by atomic mass is 9.79. The third-order valence-electron chi connectivity index (χ3n) is 4.32. The molecular weight excluding hydrogens is 268 g/mol. The van der Waals surface area contributed by atoms with Gasteiger partial charge in [0.2, 0.25) is 0 Å². The molecule has 20 heavy (non-hydrogen) atoms. The van der Waals surface area contributed by atoms with E-state index in [0.29, 0.717) is 16.7 Å². The molecular formula is C15H20N4S. The summed E-state index contributed by atoms with van der Waals surface area (Å²) in [6.07, 6.45) is 5.46. The summed E-state index contributed by atoms with van der Waals surface area (Å²) in [7, 11) is 0. The van der Waals surface area contributed by atoms with Crippen LogP contribution in [-0.2, 0) is 0 Å². The quantitative estimate of drug-likeness (QED) is 0.850. The van der Waals surface area contributed by atoms with Gasteiger partial charge in [-0.25, -0.2) is 0 Å². The molecule has 5 heteroatoms. The Hall–Kier alpha value is -1.49. The topological polar surface area (TPSA) is 46.5 Å². The van der Waals surface area contributed by atoms with Crippen molar-refractivity contribution in [3.63, 3.8) is 0 Å². The van der Waals surface area contributed by atoms with Gasteiger partial charge in [-0.15, -0.1) is 0 Å². The van der Waals surface area contributed by atoms with Crippen LogP contribution in [0, 0.1) is 16.6 Å². The molecule has 0 bridgehead atoms. The molecule has 2 aromatic heterocycles. The van der Waals surface area contributed by atoms with Gasteiger partial charge in [0.05, 0.1) is 0 Å². The number of nitrogens with zero attached hydrogens (tertiary/aromatic N) is 3. The van der Waals surface area contributed by atoms with E-state index in [2.05, 4.69) is 33.6 Å². The van der Waals surface area contributed by atoms with E-state index < -0.39 is 0 Å². The van der Waals surface area contributed by atoms with Gasteiger partial charge < -0.3 is 0 Å². The van der Waals surface area contributed by atoms with Crippen LogP contribution in [0.5, 0.6) is 0 Å². The van der Waals surface area contributed by atoms with Crippen molar-refractivity contribution in [1.29, 1.82) is 0 Å². The summed E-state index contributed by atoms with van der Waals surface area (Å²) in [5.41, 5.74) is 0.880. The van der Waals surface area contributed by atoms with Crippen LogP contribution in [0.3, 0.4) is 0 Å². The maximum Gasteiger partial charge on any atom is 0.195 e. The van der Waals surface area contributed by atoms with Gasteiger partial charge in [-0.1, -0.05) is 19.9 Å². The summed E-state index contributed by atoms with van der Waals surface area (Å²) in [4.78, 5) is 4.41. The van der Waals surface area contributed by atoms with E-state index in [9.17, 15) is 0 Å². The Morgan fingerprint density at radius 2 is 2.15 bits per heavy atom. The molecule has 1 fully saturated rings. The fourth-order valence-electron chi connectivity index (χ4n) is 3.32. The van der Waals surface area contributed by atoms with Crippen LogP contribution in [0.25, 0.3) is 11.5 Å². The van der Waals surface area contributed by atoms with Gasteiger partial charge in [0.15, 0.2) is 10.6 Å². The van der Waals surface area contributed by atoms with Gasteiger partial charge in [-0.2, -0.15) is 5.10 Å². The Morgan fingerprint density at radius 3 is 2.85 bits per heavy atom. The Bertz CT molecular complexity index is 631. The number of H-pyrrole nitrogens is 1. The van der Waals surface area contributed by atoms with E-state index >= 15 is 0 Å². The molecule has 3 rings (SSSR count). The zero-order valence-electron chi connectivity index (χ0n) is 11.9. The second kappa shape index (κ2) is 5.48. The number of hydrogen-bond donors (Lipinski definition) is 1. The van der Waals surface area contributed by atoms with Crippen LogP contribution < -0.4 is 0 Å². The second-order valence-corrected chi connectivity index (χ2v) is 6.29. The first-order valence-electron chi connectivity index (χ1n) is 7.25. The number of nitrogens with one attached hydrogen (secondary N) is 1. The summed E-state index contributed by atoms with van der Waals surface area (Å²) >= 11 is 5.45. The summed E-state index contributed by atoms with van der Waals surface area (Å²) in [5.74, 6) is 2.29. The highest BCUT2D eigenvalue weighted by molar-refractivity contribution is 7.71. The first-order chi connectivity index (χ1) is 9.66.